The topological polar surface area (TPSA) is 74.8 Å². The van der Waals surface area contributed by atoms with Crippen molar-refractivity contribution in [1.29, 1.82) is 0 Å². The quantitative estimate of drug-likeness (QED) is 0.827. The highest BCUT2D eigenvalue weighted by Crippen LogP contribution is 2.32. The van der Waals surface area contributed by atoms with Gasteiger partial charge in [-0.05, 0) is 37.2 Å². The second-order valence-corrected chi connectivity index (χ2v) is 8.15. The van der Waals surface area contributed by atoms with Crippen LogP contribution < -0.4 is 10.1 Å². The SMILES string of the molecule is O=C1CCC2(CN(C(=O)N3CCC(Cc4ccc(OC(F)(F)F)nc4)CC3)C2)N1. The zero-order valence-corrected chi connectivity index (χ0v) is 15.9. The second kappa shape index (κ2) is 7.38. The van der Waals surface area contributed by atoms with E-state index in [1.165, 1.54) is 12.3 Å². The number of urea groups is 1. The number of rotatable bonds is 3. The van der Waals surface area contributed by atoms with E-state index in [2.05, 4.69) is 15.0 Å². The van der Waals surface area contributed by atoms with Gasteiger partial charge in [-0.3, -0.25) is 4.79 Å². The van der Waals surface area contributed by atoms with Crippen LogP contribution in [0, 0.1) is 5.92 Å². The lowest BCUT2D eigenvalue weighted by Crippen LogP contribution is -2.70. The smallest absolute Gasteiger partial charge is 0.388 e. The lowest BCUT2D eigenvalue weighted by Gasteiger charge is -2.49. The van der Waals surface area contributed by atoms with E-state index in [0.717, 1.165) is 24.8 Å². The van der Waals surface area contributed by atoms with Crippen LogP contribution in [0.3, 0.4) is 0 Å². The van der Waals surface area contributed by atoms with Crippen LogP contribution in [0.25, 0.3) is 0 Å². The van der Waals surface area contributed by atoms with Crippen molar-refractivity contribution in [2.24, 2.45) is 5.92 Å². The Morgan fingerprint density at radius 3 is 2.52 bits per heavy atom. The number of hydrogen-bond acceptors (Lipinski definition) is 4. The number of halogens is 3. The van der Waals surface area contributed by atoms with Gasteiger partial charge in [-0.25, -0.2) is 9.78 Å². The standard InChI is InChI=1S/C19H23F3N4O3/c20-19(21,22)29-16-2-1-14(10-23-16)9-13-4-7-25(8-5-13)17(28)26-11-18(12-26)6-3-15(27)24-18/h1-2,10,13H,3-9,11-12H2,(H,24,27). The van der Waals surface area contributed by atoms with Gasteiger partial charge in [0.1, 0.15) is 0 Å². The average molecular weight is 412 g/mol. The normalized spacial score (nSPS) is 21.8. The van der Waals surface area contributed by atoms with E-state index in [0.29, 0.717) is 44.9 Å². The van der Waals surface area contributed by atoms with Crippen molar-refractivity contribution in [3.63, 3.8) is 0 Å². The molecule has 3 fully saturated rings. The van der Waals surface area contributed by atoms with Gasteiger partial charge < -0.3 is 19.9 Å². The average Bonchev–Trinajstić information content (AvgIpc) is 3.03. The molecule has 10 heteroatoms. The monoisotopic (exact) mass is 412 g/mol. The van der Waals surface area contributed by atoms with Crippen LogP contribution in [-0.4, -0.2) is 64.8 Å². The van der Waals surface area contributed by atoms with E-state index in [-0.39, 0.29) is 17.5 Å². The number of piperidine rings is 1. The summed E-state index contributed by atoms with van der Waals surface area (Å²) >= 11 is 0. The molecule has 3 saturated heterocycles. The van der Waals surface area contributed by atoms with Crippen LogP contribution in [0.4, 0.5) is 18.0 Å². The van der Waals surface area contributed by atoms with Crippen molar-refractivity contribution in [3.05, 3.63) is 23.9 Å². The Kier molecular flexibility index (Phi) is 5.04. The summed E-state index contributed by atoms with van der Waals surface area (Å²) in [5.41, 5.74) is 0.644. The molecule has 7 nitrogen and oxygen atoms in total. The molecule has 0 unspecified atom stereocenters. The molecule has 0 bridgehead atoms. The molecule has 158 valence electrons. The Hall–Kier alpha value is -2.52. The number of aromatic nitrogens is 1. The molecule has 0 aliphatic carbocycles. The zero-order valence-electron chi connectivity index (χ0n) is 15.9. The third-order valence-corrected chi connectivity index (χ3v) is 5.92. The number of nitrogens with one attached hydrogen (secondary N) is 1. The maximum absolute atomic E-state index is 12.6. The molecule has 0 aromatic carbocycles. The van der Waals surface area contributed by atoms with Crippen LogP contribution >= 0.6 is 0 Å². The summed E-state index contributed by atoms with van der Waals surface area (Å²) in [7, 11) is 0. The van der Waals surface area contributed by atoms with Crippen molar-refractivity contribution >= 4 is 11.9 Å². The number of hydrogen-bond donors (Lipinski definition) is 1. The van der Waals surface area contributed by atoms with Gasteiger partial charge in [0.2, 0.25) is 11.8 Å². The first-order valence-corrected chi connectivity index (χ1v) is 9.77. The highest BCUT2D eigenvalue weighted by molar-refractivity contribution is 5.82. The number of alkyl halides is 3. The molecule has 3 amide bonds. The minimum absolute atomic E-state index is 0.0190. The summed E-state index contributed by atoms with van der Waals surface area (Å²) in [5.74, 6) is -0.0510. The fourth-order valence-electron chi connectivity index (χ4n) is 4.40. The molecule has 29 heavy (non-hydrogen) atoms. The van der Waals surface area contributed by atoms with Gasteiger partial charge in [0.25, 0.3) is 0 Å². The summed E-state index contributed by atoms with van der Waals surface area (Å²) in [6.07, 6.45) is 0.371. The second-order valence-electron chi connectivity index (χ2n) is 8.15. The number of amides is 3. The predicted octanol–water partition coefficient (Wildman–Crippen LogP) is 2.32. The first-order valence-electron chi connectivity index (χ1n) is 9.77. The molecule has 3 aliphatic heterocycles. The Morgan fingerprint density at radius 1 is 1.24 bits per heavy atom. The lowest BCUT2D eigenvalue weighted by atomic mass is 9.88. The molecule has 0 radical (unpaired) electrons. The lowest BCUT2D eigenvalue weighted by molar-refractivity contribution is -0.276. The van der Waals surface area contributed by atoms with Crippen LogP contribution in [0.1, 0.15) is 31.2 Å². The number of carbonyl (C=O) groups is 2. The summed E-state index contributed by atoms with van der Waals surface area (Å²) < 4.78 is 40.4. The Labute approximate surface area is 166 Å². The minimum atomic E-state index is -4.74. The van der Waals surface area contributed by atoms with Gasteiger partial charge in [0.15, 0.2) is 0 Å². The first-order chi connectivity index (χ1) is 13.7. The maximum atomic E-state index is 12.6. The first kappa shape index (κ1) is 19.8. The fraction of sp³-hybridized carbons (Fsp3) is 0.632. The molecule has 1 aromatic rings. The van der Waals surface area contributed by atoms with Crippen LogP contribution in [0.5, 0.6) is 5.88 Å². The zero-order chi connectivity index (χ0) is 20.6. The van der Waals surface area contributed by atoms with E-state index in [1.807, 2.05) is 4.90 Å². The van der Waals surface area contributed by atoms with Crippen molar-refractivity contribution in [1.82, 2.24) is 20.1 Å². The fourth-order valence-corrected chi connectivity index (χ4v) is 4.40. The van der Waals surface area contributed by atoms with Gasteiger partial charge in [-0.15, -0.1) is 13.2 Å². The predicted molar refractivity (Wildman–Crippen MR) is 96.0 cm³/mol. The van der Waals surface area contributed by atoms with Crippen molar-refractivity contribution in [2.75, 3.05) is 26.2 Å². The number of likely N-dealkylation sites (tertiary alicyclic amines) is 2. The van der Waals surface area contributed by atoms with E-state index in [4.69, 9.17) is 0 Å². The Bertz CT molecular complexity index is 770. The number of pyridine rings is 1. The largest absolute Gasteiger partial charge is 0.574 e. The molecule has 0 saturated carbocycles. The molecule has 3 aliphatic rings. The van der Waals surface area contributed by atoms with Crippen LogP contribution in [0.2, 0.25) is 0 Å². The molecule has 4 heterocycles. The number of ether oxygens (including phenoxy) is 1. The Balaban J connectivity index is 1.22. The van der Waals surface area contributed by atoms with E-state index < -0.39 is 12.2 Å². The Morgan fingerprint density at radius 2 is 1.97 bits per heavy atom. The van der Waals surface area contributed by atoms with E-state index >= 15 is 0 Å². The van der Waals surface area contributed by atoms with Crippen LogP contribution in [-0.2, 0) is 11.2 Å². The molecule has 0 atom stereocenters. The minimum Gasteiger partial charge on any atom is -0.388 e. The van der Waals surface area contributed by atoms with Gasteiger partial charge in [-0.2, -0.15) is 0 Å². The number of nitrogens with zero attached hydrogens (tertiary/aromatic N) is 3. The third kappa shape index (κ3) is 4.56. The molecule has 1 N–H and O–H groups in total. The third-order valence-electron chi connectivity index (χ3n) is 5.92. The highest BCUT2D eigenvalue weighted by atomic mass is 19.4. The summed E-state index contributed by atoms with van der Waals surface area (Å²) in [4.78, 5) is 31.4. The molecule has 4 rings (SSSR count). The molecular formula is C19H23F3N4O3. The molecular weight excluding hydrogens is 389 g/mol. The van der Waals surface area contributed by atoms with Crippen LogP contribution in [0.15, 0.2) is 18.3 Å². The van der Waals surface area contributed by atoms with E-state index in [1.54, 1.807) is 11.0 Å². The summed E-state index contributed by atoms with van der Waals surface area (Å²) in [5, 5.41) is 2.98. The van der Waals surface area contributed by atoms with Gasteiger partial charge in [0.05, 0.1) is 5.54 Å². The molecule has 1 aromatic heterocycles. The van der Waals surface area contributed by atoms with Crippen molar-refractivity contribution in [2.45, 2.75) is 44.0 Å². The maximum Gasteiger partial charge on any atom is 0.574 e. The van der Waals surface area contributed by atoms with Gasteiger partial charge >= 0.3 is 12.4 Å². The van der Waals surface area contributed by atoms with E-state index in [9.17, 15) is 22.8 Å². The van der Waals surface area contributed by atoms with Gasteiger partial charge in [-0.1, -0.05) is 6.07 Å². The number of carbonyl (C=O) groups excluding carboxylic acids is 2. The van der Waals surface area contributed by atoms with Crippen molar-refractivity contribution in [3.8, 4) is 5.88 Å². The molecule has 1 spiro atoms. The van der Waals surface area contributed by atoms with Gasteiger partial charge in [0, 0.05) is 44.9 Å². The summed E-state index contributed by atoms with van der Waals surface area (Å²) in [6.45, 7) is 2.47. The van der Waals surface area contributed by atoms with Crippen molar-refractivity contribution < 1.29 is 27.5 Å². The highest BCUT2D eigenvalue weighted by Gasteiger charge is 2.50. The summed E-state index contributed by atoms with van der Waals surface area (Å²) in [6, 6.07) is 2.84.